The molecule has 1 aliphatic rings. The normalized spacial score (nSPS) is 17.9. The molecule has 118 valence electrons. The van der Waals surface area contributed by atoms with E-state index in [9.17, 15) is 4.79 Å². The molecule has 1 aromatic carbocycles. The lowest BCUT2D eigenvalue weighted by Crippen LogP contribution is -2.47. The van der Waals surface area contributed by atoms with Crippen molar-refractivity contribution in [3.63, 3.8) is 0 Å². The number of nitriles is 1. The van der Waals surface area contributed by atoms with E-state index < -0.39 is 0 Å². The van der Waals surface area contributed by atoms with Gasteiger partial charge in [0.25, 0.3) is 0 Å². The Kier molecular flexibility index (Phi) is 4.02. The van der Waals surface area contributed by atoms with Gasteiger partial charge in [0.05, 0.1) is 23.0 Å². The van der Waals surface area contributed by atoms with Crippen molar-refractivity contribution in [3.05, 3.63) is 41.7 Å². The number of rotatable bonds is 3. The highest BCUT2D eigenvalue weighted by atomic mass is 16.2. The molecule has 6 nitrogen and oxygen atoms in total. The monoisotopic (exact) mass is 309 g/mol. The molecule has 0 aliphatic carbocycles. The number of nitrogens with zero attached hydrogens (tertiary/aromatic N) is 4. The van der Waals surface area contributed by atoms with Crippen molar-refractivity contribution in [1.82, 2.24) is 9.78 Å². The standard InChI is InChI=1S/C17H19N5O/c1-12-16(11-21(2)20-12)19-15-4-3-9-22(17(15)23)14-7-5-13(10-18)6-8-14/h5-8,11,15,19H,3-4,9H2,1-2H3. The molecule has 1 aliphatic heterocycles. The van der Waals surface area contributed by atoms with Crippen molar-refractivity contribution in [3.8, 4) is 6.07 Å². The average Bonchev–Trinajstić information content (AvgIpc) is 2.87. The van der Waals surface area contributed by atoms with Gasteiger partial charge in [-0.25, -0.2) is 0 Å². The van der Waals surface area contributed by atoms with Crippen molar-refractivity contribution < 1.29 is 4.79 Å². The predicted molar refractivity (Wildman–Crippen MR) is 88.1 cm³/mol. The Labute approximate surface area is 135 Å². The summed E-state index contributed by atoms with van der Waals surface area (Å²) in [6.45, 7) is 2.63. The van der Waals surface area contributed by atoms with Crippen LogP contribution in [0.3, 0.4) is 0 Å². The summed E-state index contributed by atoms with van der Waals surface area (Å²) in [4.78, 5) is 14.6. The molecule has 0 bridgehead atoms. The fourth-order valence-electron chi connectivity index (χ4n) is 2.91. The summed E-state index contributed by atoms with van der Waals surface area (Å²) < 4.78 is 1.74. The number of hydrogen-bond acceptors (Lipinski definition) is 4. The number of piperidine rings is 1. The first-order chi connectivity index (χ1) is 11.1. The minimum atomic E-state index is -0.248. The van der Waals surface area contributed by atoms with Crippen LogP contribution in [-0.4, -0.2) is 28.3 Å². The number of carbonyl (C=O) groups excluding carboxylic acids is 1. The molecule has 1 N–H and O–H groups in total. The summed E-state index contributed by atoms with van der Waals surface area (Å²) in [7, 11) is 1.87. The third-order valence-electron chi connectivity index (χ3n) is 4.09. The highest BCUT2D eigenvalue weighted by Gasteiger charge is 2.30. The van der Waals surface area contributed by atoms with Gasteiger partial charge < -0.3 is 10.2 Å². The quantitative estimate of drug-likeness (QED) is 0.943. The van der Waals surface area contributed by atoms with Crippen molar-refractivity contribution >= 4 is 17.3 Å². The molecule has 23 heavy (non-hydrogen) atoms. The maximum atomic E-state index is 12.8. The number of amides is 1. The first-order valence-electron chi connectivity index (χ1n) is 7.67. The van der Waals surface area contributed by atoms with Crippen LogP contribution in [0.25, 0.3) is 0 Å². The number of anilines is 2. The molecule has 3 rings (SSSR count). The first kappa shape index (κ1) is 15.1. The average molecular weight is 309 g/mol. The second-order valence-electron chi connectivity index (χ2n) is 5.79. The number of nitrogens with one attached hydrogen (secondary N) is 1. The van der Waals surface area contributed by atoms with Gasteiger partial charge in [0, 0.05) is 25.5 Å². The van der Waals surface area contributed by atoms with E-state index in [0.29, 0.717) is 12.1 Å². The summed E-state index contributed by atoms with van der Waals surface area (Å²) >= 11 is 0. The number of carbonyl (C=O) groups is 1. The Morgan fingerprint density at radius 2 is 2.09 bits per heavy atom. The molecule has 2 heterocycles. The van der Waals surface area contributed by atoms with Crippen molar-refractivity contribution in [2.24, 2.45) is 7.05 Å². The van der Waals surface area contributed by atoms with Gasteiger partial charge in [0.2, 0.25) is 5.91 Å². The van der Waals surface area contributed by atoms with Crippen LogP contribution in [0.15, 0.2) is 30.5 Å². The first-order valence-corrected chi connectivity index (χ1v) is 7.67. The van der Waals surface area contributed by atoms with Crippen molar-refractivity contribution in [2.45, 2.75) is 25.8 Å². The molecule has 1 aromatic heterocycles. The maximum absolute atomic E-state index is 12.8. The van der Waals surface area contributed by atoms with Gasteiger partial charge in [-0.05, 0) is 44.0 Å². The fraction of sp³-hybridized carbons (Fsp3) is 0.353. The minimum Gasteiger partial charge on any atom is -0.371 e. The Morgan fingerprint density at radius 1 is 1.35 bits per heavy atom. The van der Waals surface area contributed by atoms with E-state index in [1.54, 1.807) is 21.7 Å². The van der Waals surface area contributed by atoms with Gasteiger partial charge in [-0.3, -0.25) is 9.48 Å². The molecular weight excluding hydrogens is 290 g/mol. The maximum Gasteiger partial charge on any atom is 0.249 e. The molecule has 0 radical (unpaired) electrons. The van der Waals surface area contributed by atoms with Gasteiger partial charge in [-0.1, -0.05) is 0 Å². The Balaban J connectivity index is 1.77. The summed E-state index contributed by atoms with van der Waals surface area (Å²) in [5.74, 6) is 0.0595. The molecule has 1 atom stereocenters. The van der Waals surface area contributed by atoms with Crippen LogP contribution in [0.4, 0.5) is 11.4 Å². The zero-order valence-electron chi connectivity index (χ0n) is 13.3. The third-order valence-corrected chi connectivity index (χ3v) is 4.09. The van der Waals surface area contributed by atoms with E-state index in [2.05, 4.69) is 16.5 Å². The molecule has 1 fully saturated rings. The highest BCUT2D eigenvalue weighted by Crippen LogP contribution is 2.24. The smallest absolute Gasteiger partial charge is 0.249 e. The third kappa shape index (κ3) is 3.04. The topological polar surface area (TPSA) is 74.0 Å². The van der Waals surface area contributed by atoms with Crippen LogP contribution in [0, 0.1) is 18.3 Å². The molecule has 1 saturated heterocycles. The molecule has 6 heteroatoms. The summed E-state index contributed by atoms with van der Waals surface area (Å²) in [6, 6.07) is 8.98. The number of aryl methyl sites for hydroxylation is 2. The fourth-order valence-corrected chi connectivity index (χ4v) is 2.91. The predicted octanol–water partition coefficient (Wildman–Crippen LogP) is 2.21. The van der Waals surface area contributed by atoms with Gasteiger partial charge in [-0.2, -0.15) is 10.4 Å². The van der Waals surface area contributed by atoms with Crippen LogP contribution < -0.4 is 10.2 Å². The Bertz CT molecular complexity index is 756. The van der Waals surface area contributed by atoms with Crippen LogP contribution in [0.1, 0.15) is 24.1 Å². The number of benzene rings is 1. The van der Waals surface area contributed by atoms with E-state index in [-0.39, 0.29) is 11.9 Å². The van der Waals surface area contributed by atoms with Crippen LogP contribution >= 0.6 is 0 Å². The van der Waals surface area contributed by atoms with E-state index in [4.69, 9.17) is 5.26 Å². The summed E-state index contributed by atoms with van der Waals surface area (Å²) in [6.07, 6.45) is 3.63. The number of aromatic nitrogens is 2. The Hall–Kier alpha value is -2.81. The molecular formula is C17H19N5O. The lowest BCUT2D eigenvalue weighted by molar-refractivity contribution is -0.120. The zero-order valence-corrected chi connectivity index (χ0v) is 13.3. The second-order valence-corrected chi connectivity index (χ2v) is 5.79. The number of hydrogen-bond donors (Lipinski definition) is 1. The van der Waals surface area contributed by atoms with Crippen molar-refractivity contribution in [1.29, 1.82) is 5.26 Å². The second kappa shape index (κ2) is 6.13. The molecule has 1 amide bonds. The van der Waals surface area contributed by atoms with Gasteiger partial charge >= 0.3 is 0 Å². The van der Waals surface area contributed by atoms with Gasteiger partial charge in [0.15, 0.2) is 0 Å². The van der Waals surface area contributed by atoms with Crippen molar-refractivity contribution in [2.75, 3.05) is 16.8 Å². The molecule has 2 aromatic rings. The Morgan fingerprint density at radius 3 is 2.70 bits per heavy atom. The largest absolute Gasteiger partial charge is 0.371 e. The lowest BCUT2D eigenvalue weighted by Gasteiger charge is -2.33. The van der Waals surface area contributed by atoms with Gasteiger partial charge in [-0.15, -0.1) is 0 Å². The zero-order chi connectivity index (χ0) is 16.4. The SMILES string of the molecule is Cc1nn(C)cc1NC1CCCN(c2ccc(C#N)cc2)C1=O. The van der Waals surface area contributed by atoms with E-state index in [1.165, 1.54) is 0 Å². The van der Waals surface area contributed by atoms with Gasteiger partial charge in [0.1, 0.15) is 6.04 Å². The van der Waals surface area contributed by atoms with E-state index in [1.807, 2.05) is 32.3 Å². The van der Waals surface area contributed by atoms with E-state index >= 15 is 0 Å². The van der Waals surface area contributed by atoms with E-state index in [0.717, 1.165) is 29.9 Å². The molecule has 0 saturated carbocycles. The summed E-state index contributed by atoms with van der Waals surface area (Å²) in [5, 5.41) is 16.5. The minimum absolute atomic E-state index is 0.0595. The summed E-state index contributed by atoms with van der Waals surface area (Å²) in [5.41, 5.74) is 3.21. The molecule has 1 unspecified atom stereocenters. The molecule has 0 spiro atoms. The van der Waals surface area contributed by atoms with Crippen LogP contribution in [0.2, 0.25) is 0 Å². The van der Waals surface area contributed by atoms with Crippen LogP contribution in [-0.2, 0) is 11.8 Å². The lowest BCUT2D eigenvalue weighted by atomic mass is 10.0. The highest BCUT2D eigenvalue weighted by molar-refractivity contribution is 5.99. The van der Waals surface area contributed by atoms with Crippen LogP contribution in [0.5, 0.6) is 0 Å².